The minimum atomic E-state index is -0.229. The van der Waals surface area contributed by atoms with E-state index < -0.39 is 0 Å². The molecule has 5 nitrogen and oxygen atoms in total. The van der Waals surface area contributed by atoms with Gasteiger partial charge in [-0.05, 0) is 60.8 Å². The Morgan fingerprint density at radius 1 is 1.00 bits per heavy atom. The van der Waals surface area contributed by atoms with Crippen LogP contribution in [0.1, 0.15) is 25.8 Å². The predicted octanol–water partition coefficient (Wildman–Crippen LogP) is 4.01. The molecule has 0 radical (unpaired) electrons. The standard InChI is InChI=1S/C25H24N2O3/c1-13(2)30-21-10-7-14-5-3-4-6-15(14)20(21)12-26-27-24(28)22-16-8-9-17(19-11-18(16)19)23(22)25(27)29/h3-10,12-13,16-19,22-23H,11H2,1-2H3/b26-12-/t16-,17-,18-,19-,22+,23+/m0/s1. The summed E-state index contributed by atoms with van der Waals surface area (Å²) in [6, 6.07) is 11.9. The minimum absolute atomic E-state index is 0.00431. The Labute approximate surface area is 175 Å². The van der Waals surface area contributed by atoms with E-state index in [0.29, 0.717) is 17.6 Å². The smallest absolute Gasteiger partial charge is 0.254 e. The highest BCUT2D eigenvalue weighted by Crippen LogP contribution is 2.65. The number of rotatable bonds is 4. The Hall–Kier alpha value is -2.95. The van der Waals surface area contributed by atoms with Crippen LogP contribution in [0.25, 0.3) is 10.8 Å². The van der Waals surface area contributed by atoms with Crippen LogP contribution in [0.5, 0.6) is 5.75 Å². The van der Waals surface area contributed by atoms with E-state index in [4.69, 9.17) is 4.74 Å². The number of nitrogens with zero attached hydrogens (tertiary/aromatic N) is 2. The molecule has 1 heterocycles. The molecule has 1 aliphatic heterocycles. The van der Waals surface area contributed by atoms with Crippen LogP contribution in [0.2, 0.25) is 0 Å². The molecule has 30 heavy (non-hydrogen) atoms. The average Bonchev–Trinajstić information content (AvgIpc) is 3.52. The number of fused-ring (bicyclic) bond motifs is 1. The maximum absolute atomic E-state index is 13.2. The summed E-state index contributed by atoms with van der Waals surface area (Å²) < 4.78 is 5.99. The third-order valence-corrected chi connectivity index (χ3v) is 7.24. The van der Waals surface area contributed by atoms with Crippen LogP contribution >= 0.6 is 0 Å². The van der Waals surface area contributed by atoms with E-state index in [1.807, 2.05) is 50.2 Å². The maximum Gasteiger partial charge on any atom is 0.254 e. The van der Waals surface area contributed by atoms with Gasteiger partial charge in [0.05, 0.1) is 24.2 Å². The molecule has 3 fully saturated rings. The van der Waals surface area contributed by atoms with Gasteiger partial charge in [-0.1, -0.05) is 42.5 Å². The van der Waals surface area contributed by atoms with E-state index in [-0.39, 0.29) is 41.6 Å². The van der Waals surface area contributed by atoms with Gasteiger partial charge in [0.1, 0.15) is 5.75 Å². The van der Waals surface area contributed by atoms with Crippen LogP contribution in [0.3, 0.4) is 0 Å². The van der Waals surface area contributed by atoms with Gasteiger partial charge >= 0.3 is 0 Å². The molecular formula is C25H24N2O3. The van der Waals surface area contributed by atoms with Crippen molar-refractivity contribution < 1.29 is 14.3 Å². The first-order valence-corrected chi connectivity index (χ1v) is 10.8. The van der Waals surface area contributed by atoms with E-state index in [0.717, 1.165) is 27.8 Å². The van der Waals surface area contributed by atoms with Gasteiger partial charge in [-0.3, -0.25) is 9.59 Å². The van der Waals surface area contributed by atoms with E-state index >= 15 is 0 Å². The van der Waals surface area contributed by atoms with Gasteiger partial charge in [0.25, 0.3) is 11.8 Å². The Balaban J connectivity index is 1.38. The molecule has 6 atom stereocenters. The molecule has 0 aromatic heterocycles. The molecule has 5 aliphatic rings. The lowest BCUT2D eigenvalue weighted by Gasteiger charge is -2.37. The third kappa shape index (κ3) is 2.44. The first kappa shape index (κ1) is 17.9. The molecule has 152 valence electrons. The fourth-order valence-corrected chi connectivity index (χ4v) is 5.94. The van der Waals surface area contributed by atoms with Gasteiger partial charge in [-0.15, -0.1) is 0 Å². The summed E-state index contributed by atoms with van der Waals surface area (Å²) in [6.07, 6.45) is 7.15. The van der Waals surface area contributed by atoms with Crippen molar-refractivity contribution >= 4 is 28.8 Å². The van der Waals surface area contributed by atoms with Crippen molar-refractivity contribution in [2.24, 2.45) is 40.6 Å². The van der Waals surface area contributed by atoms with E-state index in [1.54, 1.807) is 6.21 Å². The molecule has 0 spiro atoms. The number of hydrazone groups is 1. The van der Waals surface area contributed by atoms with Crippen molar-refractivity contribution in [1.29, 1.82) is 0 Å². The number of imide groups is 1. The zero-order valence-corrected chi connectivity index (χ0v) is 17.1. The van der Waals surface area contributed by atoms with E-state index in [9.17, 15) is 9.59 Å². The van der Waals surface area contributed by atoms with Crippen molar-refractivity contribution in [3.05, 3.63) is 54.1 Å². The molecule has 7 rings (SSSR count). The van der Waals surface area contributed by atoms with Crippen LogP contribution in [-0.4, -0.2) is 29.1 Å². The lowest BCUT2D eigenvalue weighted by molar-refractivity contribution is -0.140. The van der Waals surface area contributed by atoms with Crippen LogP contribution in [0.15, 0.2) is 53.7 Å². The van der Waals surface area contributed by atoms with Crippen LogP contribution in [0.4, 0.5) is 0 Å². The predicted molar refractivity (Wildman–Crippen MR) is 114 cm³/mol. The Morgan fingerprint density at radius 3 is 2.33 bits per heavy atom. The Kier molecular flexibility index (Phi) is 3.74. The van der Waals surface area contributed by atoms with Crippen LogP contribution < -0.4 is 4.74 Å². The quantitative estimate of drug-likeness (QED) is 0.443. The topological polar surface area (TPSA) is 59.0 Å². The Bertz CT molecular complexity index is 1100. The van der Waals surface area contributed by atoms with Gasteiger partial charge in [0.15, 0.2) is 0 Å². The van der Waals surface area contributed by atoms with Crippen LogP contribution in [0, 0.1) is 35.5 Å². The first-order chi connectivity index (χ1) is 14.5. The molecule has 1 saturated heterocycles. The molecule has 2 aromatic carbocycles. The second-order valence-corrected chi connectivity index (χ2v) is 9.25. The van der Waals surface area contributed by atoms with Gasteiger partial charge < -0.3 is 4.74 Å². The van der Waals surface area contributed by atoms with Gasteiger partial charge in [-0.2, -0.15) is 10.1 Å². The summed E-state index contributed by atoms with van der Waals surface area (Å²) in [6.45, 7) is 3.95. The number of hydrogen-bond acceptors (Lipinski definition) is 4. The van der Waals surface area contributed by atoms with Crippen molar-refractivity contribution in [3.8, 4) is 5.75 Å². The fraction of sp³-hybridized carbons (Fsp3) is 0.400. The lowest BCUT2D eigenvalue weighted by atomic mass is 9.63. The normalized spacial score (nSPS) is 33.6. The first-order valence-electron chi connectivity index (χ1n) is 10.8. The number of allylic oxidation sites excluding steroid dienone is 2. The van der Waals surface area contributed by atoms with Crippen LogP contribution in [-0.2, 0) is 9.59 Å². The van der Waals surface area contributed by atoms with Gasteiger partial charge in [0.2, 0.25) is 0 Å². The molecule has 2 saturated carbocycles. The molecule has 2 amide bonds. The summed E-state index contributed by atoms with van der Waals surface area (Å²) >= 11 is 0. The summed E-state index contributed by atoms with van der Waals surface area (Å²) in [5.74, 6) is 1.55. The highest BCUT2D eigenvalue weighted by molar-refractivity contribution is 6.08. The Morgan fingerprint density at radius 2 is 1.67 bits per heavy atom. The molecule has 2 bridgehead atoms. The SMILES string of the molecule is CC(C)Oc1ccc2ccccc2c1/C=N\N1C(=O)[C@@H]2[C@H]3C=C[C@@H]([C@@H]4C[C@@H]34)[C@H]2C1=O. The largest absolute Gasteiger partial charge is 0.490 e. The summed E-state index contributed by atoms with van der Waals surface area (Å²) in [5, 5.41) is 7.61. The van der Waals surface area contributed by atoms with Crippen molar-refractivity contribution in [3.63, 3.8) is 0 Å². The second-order valence-electron chi connectivity index (χ2n) is 9.25. The number of carbonyl (C=O) groups is 2. The number of hydrogen-bond donors (Lipinski definition) is 0. The summed E-state index contributed by atoms with van der Waals surface area (Å²) in [5.41, 5.74) is 0.793. The van der Waals surface area contributed by atoms with E-state index in [2.05, 4.69) is 17.3 Å². The number of amides is 2. The van der Waals surface area contributed by atoms with Gasteiger partial charge in [0, 0.05) is 5.56 Å². The highest BCUT2D eigenvalue weighted by atomic mass is 16.5. The molecule has 0 unspecified atom stereocenters. The molecule has 4 aliphatic carbocycles. The lowest BCUT2D eigenvalue weighted by Crippen LogP contribution is -2.40. The fourth-order valence-electron chi connectivity index (χ4n) is 5.94. The number of ether oxygens (including phenoxy) is 1. The van der Waals surface area contributed by atoms with Gasteiger partial charge in [-0.25, -0.2) is 0 Å². The molecular weight excluding hydrogens is 376 g/mol. The molecule has 0 N–H and O–H groups in total. The van der Waals surface area contributed by atoms with Crippen molar-refractivity contribution in [1.82, 2.24) is 5.01 Å². The summed E-state index contributed by atoms with van der Waals surface area (Å²) in [7, 11) is 0. The van der Waals surface area contributed by atoms with Crippen molar-refractivity contribution in [2.75, 3.05) is 0 Å². The van der Waals surface area contributed by atoms with Crippen molar-refractivity contribution in [2.45, 2.75) is 26.4 Å². The number of benzene rings is 2. The highest BCUT2D eigenvalue weighted by Gasteiger charge is 2.67. The maximum atomic E-state index is 13.2. The number of carbonyl (C=O) groups excluding carboxylic acids is 2. The van der Waals surface area contributed by atoms with E-state index in [1.165, 1.54) is 0 Å². The average molecular weight is 400 g/mol. The zero-order valence-electron chi connectivity index (χ0n) is 17.1. The minimum Gasteiger partial charge on any atom is -0.490 e. The third-order valence-electron chi connectivity index (χ3n) is 7.24. The zero-order chi connectivity index (χ0) is 20.6. The molecule has 5 heteroatoms. The molecule has 2 aromatic rings. The summed E-state index contributed by atoms with van der Waals surface area (Å²) in [4.78, 5) is 26.4. The second kappa shape index (κ2) is 6.27. The monoisotopic (exact) mass is 400 g/mol.